The second-order valence-electron chi connectivity index (χ2n) is 7.31. The van der Waals surface area contributed by atoms with Crippen LogP contribution in [0.1, 0.15) is 25.1 Å². The van der Waals surface area contributed by atoms with Crippen molar-refractivity contribution < 1.29 is 4.79 Å². The molecule has 0 aliphatic carbocycles. The SMILES string of the molecule is CC(C)CNC(=O)Cc1cc(-c2ccc(Cl)c(Cl)c2)n(Cc2ccc(Cl)cc2)n1. The summed E-state index contributed by atoms with van der Waals surface area (Å²) in [7, 11) is 0. The van der Waals surface area contributed by atoms with Crippen molar-refractivity contribution in [1.82, 2.24) is 15.1 Å². The van der Waals surface area contributed by atoms with E-state index in [2.05, 4.69) is 24.3 Å². The molecule has 0 bridgehead atoms. The monoisotopic (exact) mass is 449 g/mol. The second-order valence-corrected chi connectivity index (χ2v) is 8.56. The molecule has 0 saturated carbocycles. The zero-order valence-electron chi connectivity index (χ0n) is 16.3. The van der Waals surface area contributed by atoms with Crippen LogP contribution in [0.2, 0.25) is 15.1 Å². The van der Waals surface area contributed by atoms with Crippen molar-refractivity contribution in [2.24, 2.45) is 5.92 Å². The van der Waals surface area contributed by atoms with Gasteiger partial charge in [0.1, 0.15) is 0 Å². The molecule has 152 valence electrons. The maximum atomic E-state index is 12.3. The molecule has 1 amide bonds. The summed E-state index contributed by atoms with van der Waals surface area (Å²) in [5, 5.41) is 9.25. The van der Waals surface area contributed by atoms with Gasteiger partial charge < -0.3 is 5.32 Å². The first-order chi connectivity index (χ1) is 13.8. The van der Waals surface area contributed by atoms with E-state index >= 15 is 0 Å². The summed E-state index contributed by atoms with van der Waals surface area (Å²) in [6.45, 7) is 5.30. The van der Waals surface area contributed by atoms with Crippen LogP contribution in [0.5, 0.6) is 0 Å². The molecule has 0 fully saturated rings. The van der Waals surface area contributed by atoms with Gasteiger partial charge in [0.15, 0.2) is 0 Å². The molecule has 29 heavy (non-hydrogen) atoms. The Labute approximate surface area is 185 Å². The number of amides is 1. The van der Waals surface area contributed by atoms with Gasteiger partial charge in [0.05, 0.1) is 34.4 Å². The highest BCUT2D eigenvalue weighted by Gasteiger charge is 2.14. The molecule has 3 rings (SSSR count). The molecule has 2 aromatic carbocycles. The summed E-state index contributed by atoms with van der Waals surface area (Å²) in [6.07, 6.45) is 0.217. The molecule has 7 heteroatoms. The molecule has 0 spiro atoms. The number of hydrogen-bond donors (Lipinski definition) is 1. The van der Waals surface area contributed by atoms with Crippen molar-refractivity contribution in [3.8, 4) is 11.3 Å². The zero-order valence-corrected chi connectivity index (χ0v) is 18.5. The molecule has 3 aromatic rings. The van der Waals surface area contributed by atoms with Crippen molar-refractivity contribution >= 4 is 40.7 Å². The van der Waals surface area contributed by atoms with Crippen LogP contribution in [0.25, 0.3) is 11.3 Å². The third-order valence-corrected chi connectivity index (χ3v) is 5.33. The van der Waals surface area contributed by atoms with Gasteiger partial charge in [-0.2, -0.15) is 5.10 Å². The third-order valence-electron chi connectivity index (χ3n) is 4.34. The number of rotatable bonds is 7. The van der Waals surface area contributed by atoms with Gasteiger partial charge in [-0.05, 0) is 41.8 Å². The maximum absolute atomic E-state index is 12.3. The predicted molar refractivity (Wildman–Crippen MR) is 120 cm³/mol. The number of aromatic nitrogens is 2. The molecular formula is C22H22Cl3N3O. The molecule has 1 aromatic heterocycles. The number of carbonyl (C=O) groups excluding carboxylic acids is 1. The van der Waals surface area contributed by atoms with Crippen molar-refractivity contribution in [3.63, 3.8) is 0 Å². The molecular weight excluding hydrogens is 429 g/mol. The lowest BCUT2D eigenvalue weighted by Crippen LogP contribution is -2.28. The Balaban J connectivity index is 1.91. The topological polar surface area (TPSA) is 46.9 Å². The Morgan fingerprint density at radius 3 is 2.41 bits per heavy atom. The Morgan fingerprint density at radius 2 is 1.76 bits per heavy atom. The standard InChI is InChI=1S/C22H22Cl3N3O/c1-14(2)12-26-22(29)11-18-10-21(16-5-8-19(24)20(25)9-16)28(27-18)13-15-3-6-17(23)7-4-15/h3-10,14H,11-13H2,1-2H3,(H,26,29). The lowest BCUT2D eigenvalue weighted by Gasteiger charge is -2.09. The van der Waals surface area contributed by atoms with Crippen molar-refractivity contribution in [2.45, 2.75) is 26.8 Å². The van der Waals surface area contributed by atoms with E-state index < -0.39 is 0 Å². The van der Waals surface area contributed by atoms with Gasteiger partial charge in [-0.1, -0.05) is 66.8 Å². The first-order valence-corrected chi connectivity index (χ1v) is 10.5. The minimum Gasteiger partial charge on any atom is -0.356 e. The van der Waals surface area contributed by atoms with E-state index in [4.69, 9.17) is 34.8 Å². The van der Waals surface area contributed by atoms with Crippen LogP contribution in [0, 0.1) is 5.92 Å². The average Bonchev–Trinajstić information content (AvgIpc) is 3.06. The number of benzene rings is 2. The summed E-state index contributed by atoms with van der Waals surface area (Å²) >= 11 is 18.3. The van der Waals surface area contributed by atoms with E-state index in [1.54, 1.807) is 6.07 Å². The largest absolute Gasteiger partial charge is 0.356 e. The number of nitrogens with zero attached hydrogens (tertiary/aromatic N) is 2. The van der Waals surface area contributed by atoms with Gasteiger partial charge in [-0.25, -0.2) is 0 Å². The van der Waals surface area contributed by atoms with E-state index in [0.717, 1.165) is 16.8 Å². The number of halogens is 3. The normalized spacial score (nSPS) is 11.1. The molecule has 0 unspecified atom stereocenters. The Morgan fingerprint density at radius 1 is 1.03 bits per heavy atom. The molecule has 0 atom stereocenters. The number of carbonyl (C=O) groups is 1. The van der Waals surface area contributed by atoms with Crippen LogP contribution in [0.4, 0.5) is 0 Å². The molecule has 0 saturated heterocycles. The summed E-state index contributed by atoms with van der Waals surface area (Å²) in [5.41, 5.74) is 3.50. The minimum atomic E-state index is -0.0458. The fraction of sp³-hybridized carbons (Fsp3) is 0.273. The lowest BCUT2D eigenvalue weighted by atomic mass is 10.1. The minimum absolute atomic E-state index is 0.0458. The third kappa shape index (κ3) is 5.99. The van der Waals surface area contributed by atoms with Crippen molar-refractivity contribution in [1.29, 1.82) is 0 Å². The summed E-state index contributed by atoms with van der Waals surface area (Å²) < 4.78 is 1.87. The highest BCUT2D eigenvalue weighted by Crippen LogP contribution is 2.29. The van der Waals surface area contributed by atoms with E-state index in [1.807, 2.05) is 47.1 Å². The second kappa shape index (κ2) is 9.66. The Hall–Kier alpha value is -2.01. The highest BCUT2D eigenvalue weighted by atomic mass is 35.5. The predicted octanol–water partition coefficient (Wildman–Crippen LogP) is 5.87. The van der Waals surface area contributed by atoms with E-state index in [-0.39, 0.29) is 12.3 Å². The van der Waals surface area contributed by atoms with E-state index in [9.17, 15) is 4.79 Å². The fourth-order valence-corrected chi connectivity index (χ4v) is 3.30. The Kier molecular flexibility index (Phi) is 7.23. The summed E-state index contributed by atoms with van der Waals surface area (Å²) in [6, 6.07) is 15.0. The van der Waals surface area contributed by atoms with Gasteiger partial charge in [0, 0.05) is 17.1 Å². The van der Waals surface area contributed by atoms with Gasteiger partial charge in [0.2, 0.25) is 5.91 Å². The Bertz CT molecular complexity index is 997. The quantitative estimate of drug-likeness (QED) is 0.489. The molecule has 4 nitrogen and oxygen atoms in total. The van der Waals surface area contributed by atoms with Crippen LogP contribution in [0.15, 0.2) is 48.5 Å². The number of hydrogen-bond acceptors (Lipinski definition) is 2. The zero-order chi connectivity index (χ0) is 21.0. The van der Waals surface area contributed by atoms with Crippen LogP contribution in [0.3, 0.4) is 0 Å². The molecule has 0 radical (unpaired) electrons. The van der Waals surface area contributed by atoms with Gasteiger partial charge in [-0.15, -0.1) is 0 Å². The molecule has 0 aliphatic heterocycles. The summed E-state index contributed by atoms with van der Waals surface area (Å²) in [5.74, 6) is 0.351. The molecule has 1 heterocycles. The van der Waals surface area contributed by atoms with Crippen molar-refractivity contribution in [2.75, 3.05) is 6.54 Å². The fourth-order valence-electron chi connectivity index (χ4n) is 2.87. The molecule has 0 aliphatic rings. The molecule has 1 N–H and O–H groups in total. The summed E-state index contributed by atoms with van der Waals surface area (Å²) in [4.78, 5) is 12.3. The first kappa shape index (κ1) is 21.7. The van der Waals surface area contributed by atoms with Crippen LogP contribution >= 0.6 is 34.8 Å². The van der Waals surface area contributed by atoms with Gasteiger partial charge >= 0.3 is 0 Å². The average molecular weight is 451 g/mol. The van der Waals surface area contributed by atoms with Gasteiger partial charge in [-0.3, -0.25) is 9.48 Å². The van der Waals surface area contributed by atoms with Gasteiger partial charge in [0.25, 0.3) is 0 Å². The van der Waals surface area contributed by atoms with Crippen molar-refractivity contribution in [3.05, 3.63) is 74.9 Å². The lowest BCUT2D eigenvalue weighted by molar-refractivity contribution is -0.120. The van der Waals surface area contributed by atoms with Crippen LogP contribution in [-0.2, 0) is 17.8 Å². The highest BCUT2D eigenvalue weighted by molar-refractivity contribution is 6.42. The van der Waals surface area contributed by atoms with Crippen LogP contribution in [-0.4, -0.2) is 22.2 Å². The smallest absolute Gasteiger partial charge is 0.226 e. The first-order valence-electron chi connectivity index (χ1n) is 9.35. The maximum Gasteiger partial charge on any atom is 0.226 e. The van der Waals surface area contributed by atoms with E-state index in [0.29, 0.717) is 39.8 Å². The number of nitrogens with one attached hydrogen (secondary N) is 1. The van der Waals surface area contributed by atoms with E-state index in [1.165, 1.54) is 0 Å². The van der Waals surface area contributed by atoms with Crippen LogP contribution < -0.4 is 5.32 Å².